The van der Waals surface area contributed by atoms with E-state index in [1.54, 1.807) is 55.5 Å². The number of hydrogen-bond donors (Lipinski definition) is 1. The third-order valence-electron chi connectivity index (χ3n) is 3.93. The third-order valence-corrected chi connectivity index (χ3v) is 3.93. The van der Waals surface area contributed by atoms with Crippen LogP contribution in [0, 0.1) is 0 Å². The van der Waals surface area contributed by atoms with E-state index in [2.05, 4.69) is 5.32 Å². The molecule has 7 nitrogen and oxygen atoms in total. The summed E-state index contributed by atoms with van der Waals surface area (Å²) >= 11 is 0. The van der Waals surface area contributed by atoms with Crippen LogP contribution in [0.5, 0.6) is 11.5 Å². The normalized spacial score (nSPS) is 14.9. The minimum absolute atomic E-state index is 0.0237. The summed E-state index contributed by atoms with van der Waals surface area (Å²) in [6.07, 6.45) is -0.548. The molecule has 0 aromatic heterocycles. The zero-order valence-corrected chi connectivity index (χ0v) is 14.8. The molecule has 0 spiro atoms. The molecule has 3 rings (SSSR count). The smallest absolute Gasteiger partial charge is 0.351 e. The molecule has 1 N–H and O–H groups in total. The Morgan fingerprint density at radius 2 is 1.78 bits per heavy atom. The standard InChI is InChI=1S/C20H19NO6/c1-2-19(23)21-14-9-7-13(8-10-14)15(22)11-26-20(24)18-12-25-16-5-3-4-6-17(16)27-18/h3-10,18H,2,11-12H2,1H3,(H,21,23)/t18-/m1/s1. The van der Waals surface area contributed by atoms with Crippen molar-refractivity contribution in [2.75, 3.05) is 18.5 Å². The van der Waals surface area contributed by atoms with Gasteiger partial charge in [-0.2, -0.15) is 0 Å². The van der Waals surface area contributed by atoms with Crippen LogP contribution in [-0.4, -0.2) is 37.0 Å². The van der Waals surface area contributed by atoms with Crippen LogP contribution in [0.3, 0.4) is 0 Å². The van der Waals surface area contributed by atoms with E-state index in [4.69, 9.17) is 14.2 Å². The number of nitrogens with one attached hydrogen (secondary N) is 1. The summed E-state index contributed by atoms with van der Waals surface area (Å²) in [5, 5.41) is 2.69. The number of carbonyl (C=O) groups is 3. The molecule has 2 aromatic rings. The number of ether oxygens (including phenoxy) is 3. The molecular formula is C20H19NO6. The number of ketones is 1. The van der Waals surface area contributed by atoms with E-state index in [9.17, 15) is 14.4 Å². The lowest BCUT2D eigenvalue weighted by molar-refractivity contribution is -0.153. The number of anilines is 1. The third kappa shape index (κ3) is 4.63. The predicted molar refractivity (Wildman–Crippen MR) is 97.0 cm³/mol. The van der Waals surface area contributed by atoms with Crippen molar-refractivity contribution < 1.29 is 28.6 Å². The number of para-hydroxylation sites is 2. The van der Waals surface area contributed by atoms with Gasteiger partial charge < -0.3 is 19.5 Å². The lowest BCUT2D eigenvalue weighted by atomic mass is 10.1. The maximum Gasteiger partial charge on any atom is 0.351 e. The summed E-state index contributed by atoms with van der Waals surface area (Å²) in [7, 11) is 0. The molecule has 27 heavy (non-hydrogen) atoms. The molecule has 1 heterocycles. The van der Waals surface area contributed by atoms with Crippen molar-refractivity contribution in [1.29, 1.82) is 0 Å². The first kappa shape index (κ1) is 18.4. The number of amides is 1. The Balaban J connectivity index is 1.51. The molecular weight excluding hydrogens is 350 g/mol. The van der Waals surface area contributed by atoms with Crippen molar-refractivity contribution in [3.05, 3.63) is 54.1 Å². The molecule has 1 aliphatic heterocycles. The highest BCUT2D eigenvalue weighted by Gasteiger charge is 2.29. The Labute approximate surface area is 156 Å². The van der Waals surface area contributed by atoms with E-state index in [0.717, 1.165) is 0 Å². The Kier molecular flexibility index (Phi) is 5.71. The van der Waals surface area contributed by atoms with Crippen molar-refractivity contribution in [2.45, 2.75) is 19.4 Å². The summed E-state index contributed by atoms with van der Waals surface area (Å²) in [5.41, 5.74) is 0.977. The van der Waals surface area contributed by atoms with Crippen LogP contribution in [-0.2, 0) is 14.3 Å². The lowest BCUT2D eigenvalue weighted by Crippen LogP contribution is -2.38. The van der Waals surface area contributed by atoms with Gasteiger partial charge in [0.25, 0.3) is 0 Å². The first-order valence-corrected chi connectivity index (χ1v) is 8.55. The van der Waals surface area contributed by atoms with Gasteiger partial charge in [-0.15, -0.1) is 0 Å². The van der Waals surface area contributed by atoms with Gasteiger partial charge in [0.15, 0.2) is 23.9 Å². The largest absolute Gasteiger partial charge is 0.485 e. The molecule has 140 valence electrons. The number of hydrogen-bond acceptors (Lipinski definition) is 6. The zero-order valence-electron chi connectivity index (χ0n) is 14.8. The molecule has 1 aliphatic rings. The molecule has 0 aliphatic carbocycles. The van der Waals surface area contributed by atoms with Gasteiger partial charge in [0.05, 0.1) is 0 Å². The van der Waals surface area contributed by atoms with Gasteiger partial charge in [0.2, 0.25) is 12.0 Å². The minimum Gasteiger partial charge on any atom is -0.485 e. The van der Waals surface area contributed by atoms with Crippen molar-refractivity contribution in [1.82, 2.24) is 0 Å². The highest BCUT2D eigenvalue weighted by Crippen LogP contribution is 2.31. The van der Waals surface area contributed by atoms with Crippen LogP contribution >= 0.6 is 0 Å². The first-order valence-electron chi connectivity index (χ1n) is 8.55. The van der Waals surface area contributed by atoms with E-state index in [1.807, 2.05) is 0 Å². The van der Waals surface area contributed by atoms with Gasteiger partial charge in [-0.3, -0.25) is 9.59 Å². The van der Waals surface area contributed by atoms with E-state index in [0.29, 0.717) is 29.2 Å². The van der Waals surface area contributed by atoms with Crippen molar-refractivity contribution in [3.63, 3.8) is 0 Å². The highest BCUT2D eigenvalue weighted by molar-refractivity contribution is 5.99. The number of carbonyl (C=O) groups excluding carboxylic acids is 3. The number of Topliss-reactive ketones (excluding diaryl/α,β-unsaturated/α-hetero) is 1. The van der Waals surface area contributed by atoms with E-state index in [1.165, 1.54) is 0 Å². The maximum atomic E-state index is 12.2. The predicted octanol–water partition coefficient (Wildman–Crippen LogP) is 2.60. The van der Waals surface area contributed by atoms with Gasteiger partial charge in [-0.05, 0) is 36.4 Å². The quantitative estimate of drug-likeness (QED) is 0.622. The fourth-order valence-electron chi connectivity index (χ4n) is 2.44. The monoisotopic (exact) mass is 369 g/mol. The average molecular weight is 369 g/mol. The molecule has 1 amide bonds. The lowest BCUT2D eigenvalue weighted by Gasteiger charge is -2.24. The number of fused-ring (bicyclic) bond motifs is 1. The molecule has 1 atom stereocenters. The van der Waals surface area contributed by atoms with E-state index >= 15 is 0 Å². The van der Waals surface area contributed by atoms with Gasteiger partial charge in [-0.25, -0.2) is 4.79 Å². The second-order valence-electron chi connectivity index (χ2n) is 5.87. The molecule has 0 saturated carbocycles. The molecule has 0 bridgehead atoms. The van der Waals surface area contributed by atoms with Gasteiger partial charge in [0.1, 0.15) is 6.61 Å². The van der Waals surface area contributed by atoms with E-state index in [-0.39, 0.29) is 18.3 Å². The number of benzene rings is 2. The van der Waals surface area contributed by atoms with Crippen LogP contribution < -0.4 is 14.8 Å². The van der Waals surface area contributed by atoms with Crippen LogP contribution in [0.1, 0.15) is 23.7 Å². The van der Waals surface area contributed by atoms with Crippen molar-refractivity contribution in [3.8, 4) is 11.5 Å². The molecule has 0 saturated heterocycles. The fourth-order valence-corrected chi connectivity index (χ4v) is 2.44. The topological polar surface area (TPSA) is 90.9 Å². The summed E-state index contributed by atoms with van der Waals surface area (Å²) in [6.45, 7) is 1.37. The Morgan fingerprint density at radius 1 is 1.07 bits per heavy atom. The molecule has 2 aromatic carbocycles. The zero-order chi connectivity index (χ0) is 19.2. The van der Waals surface area contributed by atoms with Crippen LogP contribution in [0.4, 0.5) is 5.69 Å². The molecule has 0 fully saturated rings. The summed E-state index contributed by atoms with van der Waals surface area (Å²) in [6, 6.07) is 13.4. The second kappa shape index (κ2) is 8.35. The van der Waals surface area contributed by atoms with Crippen LogP contribution in [0.25, 0.3) is 0 Å². The van der Waals surface area contributed by atoms with Crippen LogP contribution in [0.2, 0.25) is 0 Å². The van der Waals surface area contributed by atoms with Gasteiger partial charge in [-0.1, -0.05) is 19.1 Å². The molecule has 0 unspecified atom stereocenters. The fraction of sp³-hybridized carbons (Fsp3) is 0.250. The van der Waals surface area contributed by atoms with Gasteiger partial charge in [0, 0.05) is 17.7 Å². The second-order valence-corrected chi connectivity index (χ2v) is 5.87. The Morgan fingerprint density at radius 3 is 2.48 bits per heavy atom. The molecule has 7 heteroatoms. The number of esters is 1. The minimum atomic E-state index is -0.917. The summed E-state index contributed by atoms with van der Waals surface area (Å²) in [4.78, 5) is 35.7. The Hall–Kier alpha value is -3.35. The maximum absolute atomic E-state index is 12.2. The van der Waals surface area contributed by atoms with Gasteiger partial charge >= 0.3 is 5.97 Å². The van der Waals surface area contributed by atoms with Crippen molar-refractivity contribution >= 4 is 23.3 Å². The number of rotatable bonds is 6. The SMILES string of the molecule is CCC(=O)Nc1ccc(C(=O)COC(=O)[C@H]2COc3ccccc3O2)cc1. The van der Waals surface area contributed by atoms with Crippen LogP contribution in [0.15, 0.2) is 48.5 Å². The Bertz CT molecular complexity index is 846. The highest BCUT2D eigenvalue weighted by atomic mass is 16.6. The van der Waals surface area contributed by atoms with Crippen molar-refractivity contribution in [2.24, 2.45) is 0 Å². The average Bonchev–Trinajstić information content (AvgIpc) is 2.71. The molecule has 0 radical (unpaired) electrons. The summed E-state index contributed by atoms with van der Waals surface area (Å²) < 4.78 is 16.1. The summed E-state index contributed by atoms with van der Waals surface area (Å²) in [5.74, 6) is -0.104. The first-order chi connectivity index (χ1) is 13.1. The van der Waals surface area contributed by atoms with E-state index < -0.39 is 18.7 Å².